The van der Waals surface area contributed by atoms with E-state index in [1.165, 1.54) is 10.9 Å². The van der Waals surface area contributed by atoms with Gasteiger partial charge in [-0.25, -0.2) is 9.59 Å². The van der Waals surface area contributed by atoms with Gasteiger partial charge in [-0.3, -0.25) is 4.68 Å². The van der Waals surface area contributed by atoms with Crippen molar-refractivity contribution in [1.29, 1.82) is 0 Å². The van der Waals surface area contributed by atoms with Crippen molar-refractivity contribution in [2.24, 2.45) is 0 Å². The second-order valence-electron chi connectivity index (χ2n) is 3.70. The Balaban J connectivity index is 2.00. The molecule has 1 aromatic rings. The number of hydrogen-bond donors (Lipinski definition) is 1. The first kappa shape index (κ1) is 12.6. The summed E-state index contributed by atoms with van der Waals surface area (Å²) in [6.45, 7) is 1.33. The smallest absolute Gasteiger partial charge is 0.383 e. The molecule has 1 N–H and O–H groups in total. The SMILES string of the molecule is O=C(OC(=O)C(F)(F)F)c1cnn(C2CNC2)c1. The summed E-state index contributed by atoms with van der Waals surface area (Å²) in [5.74, 6) is -3.90. The zero-order valence-corrected chi connectivity index (χ0v) is 8.90. The molecule has 9 heteroatoms. The highest BCUT2D eigenvalue weighted by atomic mass is 19.4. The standard InChI is InChI=1S/C9H8F3N3O3/c10-9(11,12)8(17)18-7(16)5-1-14-15(4-5)6-2-13-3-6/h1,4,6,13H,2-3H2. The topological polar surface area (TPSA) is 73.2 Å². The van der Waals surface area contributed by atoms with Gasteiger partial charge in [0.15, 0.2) is 0 Å². The molecule has 1 fully saturated rings. The molecule has 0 aromatic carbocycles. The van der Waals surface area contributed by atoms with Crippen molar-refractivity contribution in [3.63, 3.8) is 0 Å². The van der Waals surface area contributed by atoms with Crippen molar-refractivity contribution in [3.8, 4) is 0 Å². The van der Waals surface area contributed by atoms with E-state index in [2.05, 4.69) is 15.2 Å². The fourth-order valence-corrected chi connectivity index (χ4v) is 1.30. The lowest BCUT2D eigenvalue weighted by Gasteiger charge is -2.27. The Kier molecular flexibility index (Phi) is 3.07. The van der Waals surface area contributed by atoms with Crippen LogP contribution >= 0.6 is 0 Å². The van der Waals surface area contributed by atoms with Crippen molar-refractivity contribution in [3.05, 3.63) is 18.0 Å². The Morgan fingerprint density at radius 2 is 2.11 bits per heavy atom. The van der Waals surface area contributed by atoms with Crippen LogP contribution in [0.25, 0.3) is 0 Å². The van der Waals surface area contributed by atoms with E-state index < -0.39 is 18.1 Å². The van der Waals surface area contributed by atoms with Crippen molar-refractivity contribution >= 4 is 11.9 Å². The van der Waals surface area contributed by atoms with Crippen molar-refractivity contribution in [1.82, 2.24) is 15.1 Å². The van der Waals surface area contributed by atoms with Crippen LogP contribution < -0.4 is 5.32 Å². The maximum atomic E-state index is 11.9. The summed E-state index contributed by atoms with van der Waals surface area (Å²) in [6, 6.07) is 0.0601. The summed E-state index contributed by atoms with van der Waals surface area (Å²) in [6.07, 6.45) is -2.88. The molecule has 0 unspecified atom stereocenters. The molecule has 0 radical (unpaired) electrons. The van der Waals surface area contributed by atoms with E-state index in [0.29, 0.717) is 13.1 Å². The third kappa shape index (κ3) is 2.50. The summed E-state index contributed by atoms with van der Waals surface area (Å²) in [4.78, 5) is 21.7. The number of hydrogen-bond acceptors (Lipinski definition) is 5. The molecule has 0 atom stereocenters. The molecule has 0 aliphatic carbocycles. The third-order valence-corrected chi connectivity index (χ3v) is 2.39. The van der Waals surface area contributed by atoms with Gasteiger partial charge in [0.05, 0.1) is 17.8 Å². The number of nitrogens with one attached hydrogen (secondary N) is 1. The molecule has 0 saturated carbocycles. The van der Waals surface area contributed by atoms with Gasteiger partial charge in [-0.1, -0.05) is 0 Å². The van der Waals surface area contributed by atoms with Gasteiger partial charge in [0.25, 0.3) is 0 Å². The molecule has 98 valence electrons. The number of alkyl halides is 3. The Morgan fingerprint density at radius 3 is 2.61 bits per heavy atom. The van der Waals surface area contributed by atoms with Gasteiger partial charge in [0.1, 0.15) is 0 Å². The van der Waals surface area contributed by atoms with Gasteiger partial charge >= 0.3 is 18.1 Å². The monoisotopic (exact) mass is 263 g/mol. The van der Waals surface area contributed by atoms with E-state index in [0.717, 1.165) is 6.20 Å². The number of nitrogens with zero attached hydrogens (tertiary/aromatic N) is 2. The molecule has 1 aromatic heterocycles. The quantitative estimate of drug-likeness (QED) is 0.612. The van der Waals surface area contributed by atoms with E-state index >= 15 is 0 Å². The zero-order chi connectivity index (χ0) is 13.3. The van der Waals surface area contributed by atoms with Crippen LogP contribution in [0.5, 0.6) is 0 Å². The van der Waals surface area contributed by atoms with Crippen molar-refractivity contribution in [2.75, 3.05) is 13.1 Å². The predicted octanol–water partition coefficient (Wildman–Crippen LogP) is 0.273. The summed E-state index contributed by atoms with van der Waals surface area (Å²) >= 11 is 0. The molecule has 1 aliphatic rings. The van der Waals surface area contributed by atoms with E-state index in [1.54, 1.807) is 0 Å². The fourth-order valence-electron chi connectivity index (χ4n) is 1.30. The molecule has 1 aliphatic heterocycles. The minimum absolute atomic E-state index is 0.0601. The molecule has 0 amide bonds. The van der Waals surface area contributed by atoms with Crippen LogP contribution in [0.3, 0.4) is 0 Å². The number of esters is 2. The summed E-state index contributed by atoms with van der Waals surface area (Å²) in [5.41, 5.74) is -0.195. The van der Waals surface area contributed by atoms with Crippen LogP contribution in [-0.4, -0.2) is 41.0 Å². The maximum absolute atomic E-state index is 11.9. The number of ether oxygens (including phenoxy) is 1. The van der Waals surface area contributed by atoms with Crippen LogP contribution in [-0.2, 0) is 9.53 Å². The first-order valence-electron chi connectivity index (χ1n) is 4.96. The van der Waals surface area contributed by atoms with Gasteiger partial charge in [-0.2, -0.15) is 18.3 Å². The van der Waals surface area contributed by atoms with Gasteiger partial charge in [0, 0.05) is 19.3 Å². The zero-order valence-electron chi connectivity index (χ0n) is 8.90. The Hall–Kier alpha value is -1.90. The lowest BCUT2D eigenvalue weighted by molar-refractivity contribution is -0.193. The first-order chi connectivity index (χ1) is 8.38. The Labute approximate surface area is 98.7 Å². The number of aromatic nitrogens is 2. The molecular weight excluding hydrogens is 255 g/mol. The van der Waals surface area contributed by atoms with E-state index in [-0.39, 0.29) is 11.6 Å². The van der Waals surface area contributed by atoms with Crippen LogP contribution in [0.2, 0.25) is 0 Å². The van der Waals surface area contributed by atoms with Crippen molar-refractivity contribution < 1.29 is 27.5 Å². The third-order valence-electron chi connectivity index (χ3n) is 2.39. The average Bonchev–Trinajstić information content (AvgIpc) is 2.62. The van der Waals surface area contributed by atoms with Crippen LogP contribution in [0.15, 0.2) is 12.4 Å². The lowest BCUT2D eigenvalue weighted by Crippen LogP contribution is -2.43. The second-order valence-corrected chi connectivity index (χ2v) is 3.70. The average molecular weight is 263 g/mol. The number of carbonyl (C=O) groups excluding carboxylic acids is 2. The summed E-state index contributed by atoms with van der Waals surface area (Å²) in [7, 11) is 0. The van der Waals surface area contributed by atoms with Crippen LogP contribution in [0, 0.1) is 0 Å². The Bertz CT molecular complexity index is 479. The number of carbonyl (C=O) groups is 2. The number of rotatable bonds is 2. The molecule has 2 rings (SSSR count). The summed E-state index contributed by atoms with van der Waals surface area (Å²) in [5, 5.41) is 6.78. The molecule has 0 spiro atoms. The van der Waals surface area contributed by atoms with Gasteiger partial charge < -0.3 is 10.1 Å². The molecule has 1 saturated heterocycles. The van der Waals surface area contributed by atoms with E-state index in [4.69, 9.17) is 0 Å². The highest BCUT2D eigenvalue weighted by molar-refractivity contribution is 5.97. The van der Waals surface area contributed by atoms with Gasteiger partial charge in [0.2, 0.25) is 0 Å². The first-order valence-corrected chi connectivity index (χ1v) is 4.96. The predicted molar refractivity (Wildman–Crippen MR) is 50.6 cm³/mol. The van der Waals surface area contributed by atoms with E-state index in [9.17, 15) is 22.8 Å². The molecule has 18 heavy (non-hydrogen) atoms. The summed E-state index contributed by atoms with van der Waals surface area (Å²) < 4.78 is 40.7. The molecular formula is C9H8F3N3O3. The Morgan fingerprint density at radius 1 is 1.44 bits per heavy atom. The largest absolute Gasteiger partial charge is 0.491 e. The van der Waals surface area contributed by atoms with E-state index in [1.807, 2.05) is 0 Å². The van der Waals surface area contributed by atoms with Crippen LogP contribution in [0.4, 0.5) is 13.2 Å². The van der Waals surface area contributed by atoms with Gasteiger partial charge in [-0.15, -0.1) is 0 Å². The van der Waals surface area contributed by atoms with Crippen molar-refractivity contribution in [2.45, 2.75) is 12.2 Å². The van der Waals surface area contributed by atoms with Gasteiger partial charge in [-0.05, 0) is 0 Å². The fraction of sp³-hybridized carbons (Fsp3) is 0.444. The molecule has 0 bridgehead atoms. The molecule has 6 nitrogen and oxygen atoms in total. The minimum atomic E-state index is -5.19. The lowest BCUT2D eigenvalue weighted by atomic mass is 10.2. The minimum Gasteiger partial charge on any atom is -0.383 e. The molecule has 2 heterocycles. The van der Waals surface area contributed by atoms with Crippen LogP contribution in [0.1, 0.15) is 16.4 Å². The normalized spacial score (nSPS) is 16.2. The number of halogens is 3. The highest BCUT2D eigenvalue weighted by Crippen LogP contribution is 2.18. The maximum Gasteiger partial charge on any atom is 0.491 e. The highest BCUT2D eigenvalue weighted by Gasteiger charge is 2.42. The second kappa shape index (κ2) is 4.41.